The molecule has 0 bridgehead atoms. The minimum absolute atomic E-state index is 0.169. The van der Waals surface area contributed by atoms with Crippen LogP contribution in [-0.2, 0) is 20.9 Å². The zero-order valence-corrected chi connectivity index (χ0v) is 22.7. The molecule has 1 saturated carbocycles. The number of benzene rings is 2. The van der Waals surface area contributed by atoms with E-state index < -0.39 is 0 Å². The molecule has 1 aliphatic carbocycles. The molecule has 1 fully saturated rings. The Balaban J connectivity index is 1.43. The van der Waals surface area contributed by atoms with Gasteiger partial charge in [-0.1, -0.05) is 24.6 Å². The molecule has 0 N–H and O–H groups in total. The summed E-state index contributed by atoms with van der Waals surface area (Å²) in [6, 6.07) is 14.9. The largest absolute Gasteiger partial charge is 0.497 e. The monoisotopic (exact) mass is 509 g/mol. The minimum Gasteiger partial charge on any atom is -0.497 e. The van der Waals surface area contributed by atoms with Gasteiger partial charge in [0.15, 0.2) is 0 Å². The molecule has 0 unspecified atom stereocenters. The smallest absolute Gasteiger partial charge is 0.142 e. The summed E-state index contributed by atoms with van der Waals surface area (Å²) >= 11 is 0. The molecule has 0 saturated heterocycles. The van der Waals surface area contributed by atoms with Crippen LogP contribution in [0.25, 0.3) is 0 Å². The average Bonchev–Trinajstić information content (AvgIpc) is 2.92. The van der Waals surface area contributed by atoms with Crippen molar-refractivity contribution in [2.45, 2.75) is 70.5 Å². The van der Waals surface area contributed by atoms with Crippen molar-refractivity contribution in [2.24, 2.45) is 5.92 Å². The van der Waals surface area contributed by atoms with Crippen molar-refractivity contribution in [1.82, 2.24) is 0 Å². The molecular weight excluding hydrogens is 466 g/mol. The summed E-state index contributed by atoms with van der Waals surface area (Å²) in [6.45, 7) is 5.62. The molecule has 3 atom stereocenters. The lowest BCUT2D eigenvalue weighted by atomic mass is 9.74. The Labute approximate surface area is 222 Å². The number of ether oxygens (including phenoxy) is 4. The summed E-state index contributed by atoms with van der Waals surface area (Å²) in [5.74, 6) is 3.09. The summed E-state index contributed by atoms with van der Waals surface area (Å²) in [5, 5.41) is 0. The summed E-state index contributed by atoms with van der Waals surface area (Å²) in [6.07, 6.45) is 7.24. The maximum Gasteiger partial charge on any atom is 0.142 e. The molecule has 0 amide bonds. The molecule has 202 valence electrons. The fourth-order valence-electron chi connectivity index (χ4n) is 5.78. The van der Waals surface area contributed by atoms with E-state index in [0.29, 0.717) is 24.9 Å². The van der Waals surface area contributed by atoms with Crippen LogP contribution in [0, 0.1) is 5.92 Å². The number of Topliss-reactive ketones (excluding diaryl/α,β-unsaturated/α-hetero) is 1. The number of carbonyl (C=O) groups excluding carboxylic acids is 1. The van der Waals surface area contributed by atoms with E-state index in [2.05, 4.69) is 35.2 Å². The average molecular weight is 510 g/mol. The van der Waals surface area contributed by atoms with Crippen LogP contribution in [0.2, 0.25) is 0 Å². The van der Waals surface area contributed by atoms with Gasteiger partial charge in [0.1, 0.15) is 23.9 Å². The Kier molecular flexibility index (Phi) is 10.3. The normalized spacial score (nSPS) is 21.3. The first kappa shape index (κ1) is 27.5. The molecule has 2 aliphatic rings. The Hall–Kier alpha value is -2.57. The number of carbonyl (C=O) groups is 1. The van der Waals surface area contributed by atoms with Gasteiger partial charge in [0.05, 0.1) is 32.1 Å². The molecule has 0 spiro atoms. The van der Waals surface area contributed by atoms with Gasteiger partial charge in [-0.25, -0.2) is 0 Å². The van der Waals surface area contributed by atoms with Gasteiger partial charge in [-0.15, -0.1) is 0 Å². The number of hydrogen-bond donors (Lipinski definition) is 0. The highest BCUT2D eigenvalue weighted by Gasteiger charge is 2.32. The maximum atomic E-state index is 11.4. The second-order valence-electron chi connectivity index (χ2n) is 10.5. The number of ketones is 1. The van der Waals surface area contributed by atoms with Crippen molar-refractivity contribution >= 4 is 11.5 Å². The van der Waals surface area contributed by atoms with Gasteiger partial charge in [-0.2, -0.15) is 0 Å². The highest BCUT2D eigenvalue weighted by atomic mass is 16.5. The number of methoxy groups -OCH3 is 2. The summed E-state index contributed by atoms with van der Waals surface area (Å²) in [4.78, 5) is 13.8. The van der Waals surface area contributed by atoms with E-state index in [1.165, 1.54) is 11.1 Å². The van der Waals surface area contributed by atoms with Crippen molar-refractivity contribution in [3.8, 4) is 11.5 Å². The minimum atomic E-state index is 0.169. The van der Waals surface area contributed by atoms with Crippen LogP contribution in [0.1, 0.15) is 68.9 Å². The number of hydrogen-bond acceptors (Lipinski definition) is 6. The fraction of sp³-hybridized carbons (Fsp3) is 0.581. The Morgan fingerprint density at radius 2 is 1.92 bits per heavy atom. The first-order valence-corrected chi connectivity index (χ1v) is 13.8. The topological polar surface area (TPSA) is 57.2 Å². The SMILES string of the molecule is COCCCN1CCOc2ccc(CO[C@H]3CC[C@@H](CCCC(C)=O)C[C@@H]3c3ccc(OC)cc3)cc21. The first-order valence-electron chi connectivity index (χ1n) is 13.8. The Bertz CT molecular complexity index is 992. The van der Waals surface area contributed by atoms with E-state index in [4.69, 9.17) is 18.9 Å². The van der Waals surface area contributed by atoms with Gasteiger partial charge in [-0.05, 0) is 80.3 Å². The second kappa shape index (κ2) is 13.8. The molecule has 2 aromatic rings. The third-order valence-electron chi connectivity index (χ3n) is 7.80. The number of nitrogens with zero attached hydrogens (tertiary/aromatic N) is 1. The predicted octanol–water partition coefficient (Wildman–Crippen LogP) is 6.16. The molecule has 0 aromatic heterocycles. The van der Waals surface area contributed by atoms with Crippen LogP contribution in [0.4, 0.5) is 5.69 Å². The number of anilines is 1. The van der Waals surface area contributed by atoms with Crippen molar-refractivity contribution in [3.63, 3.8) is 0 Å². The third-order valence-corrected chi connectivity index (χ3v) is 7.80. The van der Waals surface area contributed by atoms with Crippen molar-refractivity contribution in [2.75, 3.05) is 45.4 Å². The molecule has 6 heteroatoms. The van der Waals surface area contributed by atoms with Crippen molar-refractivity contribution in [1.29, 1.82) is 0 Å². The molecular formula is C31H43NO5. The molecule has 6 nitrogen and oxygen atoms in total. The van der Waals surface area contributed by atoms with E-state index >= 15 is 0 Å². The fourth-order valence-corrected chi connectivity index (χ4v) is 5.78. The van der Waals surface area contributed by atoms with Crippen molar-refractivity contribution in [3.05, 3.63) is 53.6 Å². The predicted molar refractivity (Wildman–Crippen MR) is 147 cm³/mol. The molecule has 1 heterocycles. The van der Waals surface area contributed by atoms with Gasteiger partial charge in [0.2, 0.25) is 0 Å². The van der Waals surface area contributed by atoms with Gasteiger partial charge in [0.25, 0.3) is 0 Å². The van der Waals surface area contributed by atoms with Crippen molar-refractivity contribution < 1.29 is 23.7 Å². The third kappa shape index (κ3) is 7.71. The highest BCUT2D eigenvalue weighted by Crippen LogP contribution is 2.41. The van der Waals surface area contributed by atoms with E-state index in [0.717, 1.165) is 82.0 Å². The van der Waals surface area contributed by atoms with Crippen LogP contribution in [0.15, 0.2) is 42.5 Å². The van der Waals surface area contributed by atoms with Crippen LogP contribution < -0.4 is 14.4 Å². The van der Waals surface area contributed by atoms with Gasteiger partial charge in [0, 0.05) is 32.6 Å². The molecule has 4 rings (SSSR count). The molecule has 0 radical (unpaired) electrons. The lowest BCUT2D eigenvalue weighted by molar-refractivity contribution is -0.117. The van der Waals surface area contributed by atoms with Crippen LogP contribution in [-0.4, -0.2) is 52.4 Å². The van der Waals surface area contributed by atoms with Gasteiger partial charge in [-0.3, -0.25) is 0 Å². The second-order valence-corrected chi connectivity index (χ2v) is 10.5. The Morgan fingerprint density at radius 1 is 1.08 bits per heavy atom. The van der Waals surface area contributed by atoms with E-state index in [9.17, 15) is 4.79 Å². The van der Waals surface area contributed by atoms with Gasteiger partial charge < -0.3 is 28.6 Å². The molecule has 37 heavy (non-hydrogen) atoms. The van der Waals surface area contributed by atoms with Crippen LogP contribution in [0.5, 0.6) is 11.5 Å². The van der Waals surface area contributed by atoms with Crippen LogP contribution in [0.3, 0.4) is 0 Å². The molecule has 2 aromatic carbocycles. The van der Waals surface area contributed by atoms with Crippen LogP contribution >= 0.6 is 0 Å². The van der Waals surface area contributed by atoms with Gasteiger partial charge >= 0.3 is 0 Å². The first-order chi connectivity index (χ1) is 18.1. The summed E-state index contributed by atoms with van der Waals surface area (Å²) in [5.41, 5.74) is 3.65. The maximum absolute atomic E-state index is 11.4. The van der Waals surface area contributed by atoms with E-state index in [1.807, 2.05) is 12.1 Å². The lowest BCUT2D eigenvalue weighted by Gasteiger charge is -2.37. The number of rotatable bonds is 13. The zero-order valence-electron chi connectivity index (χ0n) is 22.7. The Morgan fingerprint density at radius 3 is 2.68 bits per heavy atom. The van der Waals surface area contributed by atoms with E-state index in [1.54, 1.807) is 21.1 Å². The summed E-state index contributed by atoms with van der Waals surface area (Å²) < 4.78 is 23.2. The highest BCUT2D eigenvalue weighted by molar-refractivity contribution is 5.75. The van der Waals surface area contributed by atoms with E-state index in [-0.39, 0.29) is 11.9 Å². The lowest BCUT2D eigenvalue weighted by Crippen LogP contribution is -2.34. The summed E-state index contributed by atoms with van der Waals surface area (Å²) in [7, 11) is 3.45. The standard InChI is InChI=1S/C31H43NO5/c1-23(33)6-4-7-24-8-14-30(28(20-24)26-10-12-27(35-3)13-11-26)37-22-25-9-15-31-29(21-25)32(17-19-36-31)16-5-18-34-2/h9-13,15,21,24,28,30H,4-8,14,16-20,22H2,1-3H3/t24-,28-,30+/m1/s1. The molecule has 1 aliphatic heterocycles. The number of fused-ring (bicyclic) bond motifs is 1. The zero-order chi connectivity index (χ0) is 26.0. The quantitative estimate of drug-likeness (QED) is 0.302.